The molecule has 2 atom stereocenters. The molecule has 0 saturated carbocycles. The molecule has 0 spiro atoms. The third-order valence-corrected chi connectivity index (χ3v) is 4.97. The fraction of sp³-hybridized carbons (Fsp3) is 0.625. The van der Waals surface area contributed by atoms with Crippen LogP contribution in [0.15, 0.2) is 22.7 Å². The molecule has 0 aliphatic carbocycles. The lowest BCUT2D eigenvalue weighted by molar-refractivity contribution is 0.219. The molecule has 3 nitrogen and oxygen atoms in total. The predicted molar refractivity (Wildman–Crippen MR) is 91.8 cm³/mol. The van der Waals surface area contributed by atoms with E-state index in [0.717, 1.165) is 48.5 Å². The quantitative estimate of drug-likeness (QED) is 0.766. The van der Waals surface area contributed by atoms with Crippen molar-refractivity contribution in [1.29, 1.82) is 0 Å². The number of aliphatic hydroxyl groups is 1. The van der Waals surface area contributed by atoms with Gasteiger partial charge >= 0.3 is 0 Å². The molecule has 118 valence electrons. The largest absolute Gasteiger partial charge is 0.396 e. The van der Waals surface area contributed by atoms with E-state index in [1.54, 1.807) is 0 Å². The summed E-state index contributed by atoms with van der Waals surface area (Å²) in [6.07, 6.45) is 2.15. The fourth-order valence-corrected chi connectivity index (χ4v) is 3.78. The van der Waals surface area contributed by atoms with Gasteiger partial charge < -0.3 is 15.3 Å². The molecule has 1 aliphatic rings. The first-order valence-electron chi connectivity index (χ1n) is 7.65. The number of nitrogens with one attached hydrogen (secondary N) is 1. The molecule has 0 bridgehead atoms. The summed E-state index contributed by atoms with van der Waals surface area (Å²) in [5.74, 6) is 0.457. The first kappa shape index (κ1) is 17.2. The number of hydrogen-bond acceptors (Lipinski definition) is 3. The molecule has 2 rings (SSSR count). The molecule has 21 heavy (non-hydrogen) atoms. The zero-order valence-corrected chi connectivity index (χ0v) is 14.8. The highest BCUT2D eigenvalue weighted by Crippen LogP contribution is 2.29. The topological polar surface area (TPSA) is 35.5 Å². The molecule has 1 aromatic rings. The van der Waals surface area contributed by atoms with Gasteiger partial charge in [0.25, 0.3) is 0 Å². The van der Waals surface area contributed by atoms with Crippen molar-refractivity contribution in [2.24, 2.45) is 5.92 Å². The zero-order chi connectivity index (χ0) is 15.2. The molecular weight excluding hydrogens is 352 g/mol. The molecule has 0 aromatic heterocycles. The van der Waals surface area contributed by atoms with Crippen molar-refractivity contribution in [3.63, 3.8) is 0 Å². The van der Waals surface area contributed by atoms with Crippen molar-refractivity contribution in [2.75, 3.05) is 32.8 Å². The van der Waals surface area contributed by atoms with E-state index in [1.165, 1.54) is 5.56 Å². The standard InChI is InChI=1S/C16H24BrClN2O/c1-2-19-16(14-4-3-13(17)9-15(14)18)6-8-20-7-5-12(10-20)11-21/h3-4,9,12,16,19,21H,2,5-8,10-11H2,1H3. The van der Waals surface area contributed by atoms with Gasteiger partial charge in [0.2, 0.25) is 0 Å². The fourth-order valence-electron chi connectivity index (χ4n) is 2.97. The lowest BCUT2D eigenvalue weighted by atomic mass is 10.0. The maximum absolute atomic E-state index is 9.22. The first-order chi connectivity index (χ1) is 10.1. The third kappa shape index (κ3) is 4.93. The van der Waals surface area contributed by atoms with Crippen LogP contribution in [0.1, 0.15) is 31.4 Å². The Balaban J connectivity index is 1.96. The van der Waals surface area contributed by atoms with E-state index in [0.29, 0.717) is 12.5 Å². The lowest BCUT2D eigenvalue weighted by Gasteiger charge is -2.23. The van der Waals surface area contributed by atoms with E-state index >= 15 is 0 Å². The van der Waals surface area contributed by atoms with Crippen LogP contribution in [-0.4, -0.2) is 42.8 Å². The Morgan fingerprint density at radius 1 is 1.52 bits per heavy atom. The van der Waals surface area contributed by atoms with Crippen LogP contribution < -0.4 is 5.32 Å². The van der Waals surface area contributed by atoms with Gasteiger partial charge in [0.15, 0.2) is 0 Å². The van der Waals surface area contributed by atoms with Gasteiger partial charge in [0.1, 0.15) is 0 Å². The van der Waals surface area contributed by atoms with Crippen LogP contribution in [0, 0.1) is 5.92 Å². The van der Waals surface area contributed by atoms with E-state index in [9.17, 15) is 5.11 Å². The average molecular weight is 376 g/mol. The van der Waals surface area contributed by atoms with E-state index in [-0.39, 0.29) is 6.04 Å². The lowest BCUT2D eigenvalue weighted by Crippen LogP contribution is -2.28. The Morgan fingerprint density at radius 2 is 2.33 bits per heavy atom. The monoisotopic (exact) mass is 374 g/mol. The first-order valence-corrected chi connectivity index (χ1v) is 8.82. The van der Waals surface area contributed by atoms with Gasteiger partial charge in [-0.15, -0.1) is 0 Å². The Labute approximate surface area is 140 Å². The number of hydrogen-bond donors (Lipinski definition) is 2. The molecule has 5 heteroatoms. The molecule has 1 saturated heterocycles. The molecule has 0 amide bonds. The van der Waals surface area contributed by atoms with Crippen LogP contribution in [0.5, 0.6) is 0 Å². The van der Waals surface area contributed by atoms with Gasteiger partial charge in [0, 0.05) is 28.7 Å². The van der Waals surface area contributed by atoms with Crippen molar-refractivity contribution in [2.45, 2.75) is 25.8 Å². The number of nitrogens with zero attached hydrogens (tertiary/aromatic N) is 1. The molecule has 2 unspecified atom stereocenters. The Bertz CT molecular complexity index is 458. The smallest absolute Gasteiger partial charge is 0.0471 e. The highest BCUT2D eigenvalue weighted by molar-refractivity contribution is 9.10. The van der Waals surface area contributed by atoms with Gasteiger partial charge in [-0.05, 0) is 56.1 Å². The van der Waals surface area contributed by atoms with Crippen molar-refractivity contribution < 1.29 is 5.11 Å². The van der Waals surface area contributed by atoms with Gasteiger partial charge in [-0.3, -0.25) is 0 Å². The van der Waals surface area contributed by atoms with Crippen molar-refractivity contribution in [1.82, 2.24) is 10.2 Å². The molecule has 2 N–H and O–H groups in total. The number of rotatable bonds is 7. The summed E-state index contributed by atoms with van der Waals surface area (Å²) >= 11 is 9.84. The van der Waals surface area contributed by atoms with Crippen molar-refractivity contribution in [3.05, 3.63) is 33.3 Å². The zero-order valence-electron chi connectivity index (χ0n) is 12.5. The summed E-state index contributed by atoms with van der Waals surface area (Å²) in [4.78, 5) is 2.44. The van der Waals surface area contributed by atoms with Crippen LogP contribution >= 0.6 is 27.5 Å². The maximum atomic E-state index is 9.22. The van der Waals surface area contributed by atoms with Gasteiger partial charge in [-0.2, -0.15) is 0 Å². The second-order valence-electron chi connectivity index (χ2n) is 5.70. The number of likely N-dealkylation sites (tertiary alicyclic amines) is 1. The van der Waals surface area contributed by atoms with Crippen molar-refractivity contribution >= 4 is 27.5 Å². The summed E-state index contributed by atoms with van der Waals surface area (Å²) in [7, 11) is 0. The van der Waals surface area contributed by atoms with Crippen LogP contribution in [0.3, 0.4) is 0 Å². The number of halogens is 2. The summed E-state index contributed by atoms with van der Waals surface area (Å²) < 4.78 is 1.01. The van der Waals surface area contributed by atoms with E-state index in [1.807, 2.05) is 12.1 Å². The summed E-state index contributed by atoms with van der Waals surface area (Å²) in [5, 5.41) is 13.6. The maximum Gasteiger partial charge on any atom is 0.0471 e. The van der Waals surface area contributed by atoms with Gasteiger partial charge in [0.05, 0.1) is 0 Å². The van der Waals surface area contributed by atoms with Crippen LogP contribution in [0.25, 0.3) is 0 Å². The molecular formula is C16H24BrClN2O. The van der Waals surface area contributed by atoms with Gasteiger partial charge in [-0.1, -0.05) is 40.5 Å². The number of aliphatic hydroxyl groups excluding tert-OH is 1. The highest BCUT2D eigenvalue weighted by Gasteiger charge is 2.23. The minimum absolute atomic E-state index is 0.281. The molecule has 0 radical (unpaired) electrons. The normalized spacial score (nSPS) is 20.9. The molecule has 1 aromatic carbocycles. The predicted octanol–water partition coefficient (Wildman–Crippen LogP) is 3.46. The second kappa shape index (κ2) is 8.49. The van der Waals surface area contributed by atoms with E-state index in [4.69, 9.17) is 11.6 Å². The SMILES string of the molecule is CCNC(CCN1CCC(CO)C1)c1ccc(Br)cc1Cl. The highest BCUT2D eigenvalue weighted by atomic mass is 79.9. The molecule has 1 fully saturated rings. The second-order valence-corrected chi connectivity index (χ2v) is 7.03. The Hall–Kier alpha value is -0.130. The molecule has 1 heterocycles. The Morgan fingerprint density at radius 3 is 2.95 bits per heavy atom. The van der Waals surface area contributed by atoms with E-state index < -0.39 is 0 Å². The number of benzene rings is 1. The summed E-state index contributed by atoms with van der Waals surface area (Å²) in [6, 6.07) is 6.38. The Kier molecular flexibility index (Phi) is 6.96. The van der Waals surface area contributed by atoms with Crippen molar-refractivity contribution in [3.8, 4) is 0 Å². The minimum Gasteiger partial charge on any atom is -0.396 e. The third-order valence-electron chi connectivity index (χ3n) is 4.15. The summed E-state index contributed by atoms with van der Waals surface area (Å²) in [6.45, 7) is 6.52. The minimum atomic E-state index is 0.281. The van der Waals surface area contributed by atoms with Crippen LogP contribution in [0.4, 0.5) is 0 Å². The summed E-state index contributed by atoms with van der Waals surface area (Å²) in [5.41, 5.74) is 1.17. The average Bonchev–Trinajstić information content (AvgIpc) is 2.92. The van der Waals surface area contributed by atoms with Crippen LogP contribution in [-0.2, 0) is 0 Å². The van der Waals surface area contributed by atoms with Gasteiger partial charge in [-0.25, -0.2) is 0 Å². The van der Waals surface area contributed by atoms with Crippen LogP contribution in [0.2, 0.25) is 5.02 Å². The van der Waals surface area contributed by atoms with E-state index in [2.05, 4.69) is 39.1 Å². The molecule has 1 aliphatic heterocycles.